The molecular formula is C37H29Cl2N5O3S2. The number of thioether (sulfide) groups is 1. The van der Waals surface area contributed by atoms with Crippen LogP contribution in [-0.2, 0) is 9.59 Å². The van der Waals surface area contributed by atoms with Crippen molar-refractivity contribution >= 4 is 91.8 Å². The fourth-order valence-electron chi connectivity index (χ4n) is 4.98. The summed E-state index contributed by atoms with van der Waals surface area (Å²) in [6.07, 6.45) is 3.99. The van der Waals surface area contributed by atoms with Gasteiger partial charge >= 0.3 is 0 Å². The maximum Gasteiger partial charge on any atom is 0.272 e. The van der Waals surface area contributed by atoms with Crippen LogP contribution in [0.4, 0.5) is 10.8 Å². The Morgan fingerprint density at radius 3 is 2.53 bits per heavy atom. The van der Waals surface area contributed by atoms with Crippen LogP contribution in [0.1, 0.15) is 29.3 Å². The van der Waals surface area contributed by atoms with Crippen LogP contribution in [0, 0.1) is 0 Å². The number of thiazole rings is 1. The van der Waals surface area contributed by atoms with E-state index in [-0.39, 0.29) is 11.6 Å². The van der Waals surface area contributed by atoms with E-state index in [9.17, 15) is 14.4 Å². The Labute approximate surface area is 301 Å². The second kappa shape index (κ2) is 15.6. The van der Waals surface area contributed by atoms with Gasteiger partial charge in [-0.2, -0.15) is 0 Å². The van der Waals surface area contributed by atoms with Crippen molar-refractivity contribution in [2.24, 2.45) is 0 Å². The van der Waals surface area contributed by atoms with Gasteiger partial charge in [-0.15, -0.1) is 23.1 Å². The Balaban J connectivity index is 1.16. The first kappa shape index (κ1) is 34.0. The lowest BCUT2D eigenvalue weighted by Gasteiger charge is -2.15. The number of H-pyrrole nitrogens is 1. The summed E-state index contributed by atoms with van der Waals surface area (Å²) in [6.45, 7) is 1.93. The third-order valence-corrected chi connectivity index (χ3v) is 10.1. The highest BCUT2D eigenvalue weighted by molar-refractivity contribution is 8.00. The van der Waals surface area contributed by atoms with Crippen molar-refractivity contribution < 1.29 is 14.4 Å². The summed E-state index contributed by atoms with van der Waals surface area (Å²) in [5.41, 5.74) is 4.03. The quantitative estimate of drug-likeness (QED) is 0.0784. The topological polar surface area (TPSA) is 116 Å². The molecule has 0 saturated carbocycles. The first-order valence-corrected chi connectivity index (χ1v) is 17.7. The smallest absolute Gasteiger partial charge is 0.272 e. The molecule has 6 aromatic rings. The first-order chi connectivity index (χ1) is 23.8. The van der Waals surface area contributed by atoms with Gasteiger partial charge in [-0.1, -0.05) is 72.6 Å². The van der Waals surface area contributed by atoms with E-state index in [2.05, 4.69) is 25.9 Å². The van der Waals surface area contributed by atoms with Gasteiger partial charge in [0, 0.05) is 54.8 Å². The van der Waals surface area contributed by atoms with Crippen LogP contribution in [0.5, 0.6) is 0 Å². The number of amides is 3. The van der Waals surface area contributed by atoms with Crippen molar-refractivity contribution in [3.05, 3.63) is 136 Å². The minimum absolute atomic E-state index is 0.0742. The fraction of sp³-hybridized carbons (Fsp3) is 0.0811. The number of rotatable bonds is 11. The van der Waals surface area contributed by atoms with E-state index in [1.165, 1.54) is 23.1 Å². The molecule has 49 heavy (non-hydrogen) atoms. The summed E-state index contributed by atoms with van der Waals surface area (Å²) in [5, 5.41) is 12.4. The molecule has 0 bridgehead atoms. The first-order valence-electron chi connectivity index (χ1n) is 15.2. The summed E-state index contributed by atoms with van der Waals surface area (Å²) in [6, 6.07) is 28.8. The Morgan fingerprint density at radius 2 is 1.73 bits per heavy atom. The van der Waals surface area contributed by atoms with Crippen molar-refractivity contribution in [3.63, 3.8) is 0 Å². The highest BCUT2D eigenvalue weighted by atomic mass is 35.5. The number of nitrogens with one attached hydrogen (secondary N) is 4. The van der Waals surface area contributed by atoms with Crippen LogP contribution in [0.2, 0.25) is 10.0 Å². The predicted molar refractivity (Wildman–Crippen MR) is 201 cm³/mol. The average Bonchev–Trinajstić information content (AvgIpc) is 3.74. The molecule has 0 fully saturated rings. The number of nitrogens with zero attached hydrogens (tertiary/aromatic N) is 1. The number of hydrogen-bond donors (Lipinski definition) is 4. The zero-order valence-corrected chi connectivity index (χ0v) is 29.1. The van der Waals surface area contributed by atoms with Gasteiger partial charge in [-0.3, -0.25) is 14.4 Å². The summed E-state index contributed by atoms with van der Waals surface area (Å²) >= 11 is 15.1. The summed E-state index contributed by atoms with van der Waals surface area (Å²) in [7, 11) is 0. The van der Waals surface area contributed by atoms with Crippen LogP contribution in [0.3, 0.4) is 0 Å². The summed E-state index contributed by atoms with van der Waals surface area (Å²) in [5.74, 6) is -1.11. The summed E-state index contributed by atoms with van der Waals surface area (Å²) in [4.78, 5) is 48.6. The van der Waals surface area contributed by atoms with Crippen LogP contribution in [-0.4, -0.2) is 32.9 Å². The van der Waals surface area contributed by atoms with Gasteiger partial charge < -0.3 is 20.9 Å². The molecule has 4 aromatic carbocycles. The lowest BCUT2D eigenvalue weighted by Crippen LogP contribution is -2.30. The number of anilines is 2. The Hall–Kier alpha value is -4.87. The summed E-state index contributed by atoms with van der Waals surface area (Å²) < 4.78 is 0. The molecule has 1 atom stereocenters. The number of fused-ring (bicyclic) bond motifs is 1. The fourth-order valence-corrected chi connectivity index (χ4v) is 7.21. The van der Waals surface area contributed by atoms with Gasteiger partial charge in [0.25, 0.3) is 11.8 Å². The molecule has 1 unspecified atom stereocenters. The Morgan fingerprint density at radius 1 is 0.939 bits per heavy atom. The number of aromatic amines is 1. The number of para-hydroxylation sites is 1. The van der Waals surface area contributed by atoms with Gasteiger partial charge in [0.1, 0.15) is 5.70 Å². The van der Waals surface area contributed by atoms with Gasteiger partial charge in [-0.25, -0.2) is 4.98 Å². The molecule has 0 saturated heterocycles. The molecule has 2 heterocycles. The lowest BCUT2D eigenvalue weighted by molar-refractivity contribution is -0.116. The minimum Gasteiger partial charge on any atom is -0.361 e. The van der Waals surface area contributed by atoms with Gasteiger partial charge in [-0.05, 0) is 67.1 Å². The predicted octanol–water partition coefficient (Wildman–Crippen LogP) is 9.52. The van der Waals surface area contributed by atoms with Crippen LogP contribution >= 0.6 is 46.3 Å². The Kier molecular flexibility index (Phi) is 10.8. The molecule has 6 rings (SSSR count). The lowest BCUT2D eigenvalue weighted by atomic mass is 10.1. The molecule has 3 amide bonds. The van der Waals surface area contributed by atoms with Gasteiger partial charge in [0.2, 0.25) is 5.91 Å². The maximum atomic E-state index is 13.7. The van der Waals surface area contributed by atoms with E-state index >= 15 is 0 Å². The molecule has 0 aliphatic heterocycles. The molecule has 0 aliphatic carbocycles. The van der Waals surface area contributed by atoms with Crippen molar-refractivity contribution in [1.82, 2.24) is 15.3 Å². The van der Waals surface area contributed by atoms with E-state index < -0.39 is 17.1 Å². The standard InChI is InChI=1S/C37H29Cl2N5O3S2/c1-2-33(36(47)44-37-43-32(21-48-37)28-16-15-24(38)18-29(28)39)49-26-12-8-11-25(19-26)41-35(46)31(42-34(45)22-9-4-3-5-10-22)17-23-20-40-30-14-7-6-13-27(23)30/h3-21,33,40H,2H2,1H3,(H,41,46)(H,42,45)(H,43,44,47)/b31-17-. The molecule has 0 spiro atoms. The zero-order chi connectivity index (χ0) is 34.3. The SMILES string of the molecule is CCC(Sc1cccc(NC(=O)/C(=C/c2c[nH]c3ccccc23)NC(=O)c2ccccc2)c1)C(=O)Nc1nc(-c2ccc(Cl)cc2Cl)cs1. The van der Waals surface area contributed by atoms with E-state index in [0.717, 1.165) is 26.9 Å². The van der Waals surface area contributed by atoms with Crippen LogP contribution in [0.15, 0.2) is 119 Å². The normalized spacial score (nSPS) is 12.0. The average molecular weight is 727 g/mol. The number of carbonyl (C=O) groups excluding carboxylic acids is 3. The van der Waals surface area contributed by atoms with E-state index in [1.807, 2.05) is 48.7 Å². The largest absolute Gasteiger partial charge is 0.361 e. The Bertz CT molecular complexity index is 2180. The molecule has 0 aliphatic rings. The number of halogens is 2. The number of benzene rings is 4. The highest BCUT2D eigenvalue weighted by Gasteiger charge is 2.21. The molecule has 0 radical (unpaired) electrons. The second-order valence-corrected chi connectivity index (χ2v) is 13.8. The second-order valence-electron chi connectivity index (χ2n) is 10.8. The highest BCUT2D eigenvalue weighted by Crippen LogP contribution is 2.33. The van der Waals surface area contributed by atoms with Crippen molar-refractivity contribution in [2.45, 2.75) is 23.5 Å². The van der Waals surface area contributed by atoms with E-state index in [1.54, 1.807) is 72.9 Å². The van der Waals surface area contributed by atoms with Crippen molar-refractivity contribution in [2.75, 3.05) is 10.6 Å². The number of hydrogen-bond acceptors (Lipinski definition) is 6. The van der Waals surface area contributed by atoms with Crippen molar-refractivity contribution in [1.29, 1.82) is 0 Å². The third-order valence-electron chi connectivity index (χ3n) is 7.42. The number of aromatic nitrogens is 2. The van der Waals surface area contributed by atoms with E-state index in [4.69, 9.17) is 23.2 Å². The number of carbonyl (C=O) groups is 3. The maximum absolute atomic E-state index is 13.7. The minimum atomic E-state index is -0.498. The molecule has 8 nitrogen and oxygen atoms in total. The molecular weight excluding hydrogens is 697 g/mol. The van der Waals surface area contributed by atoms with Crippen LogP contribution < -0.4 is 16.0 Å². The third kappa shape index (κ3) is 8.41. The molecule has 4 N–H and O–H groups in total. The molecule has 246 valence electrons. The monoisotopic (exact) mass is 725 g/mol. The van der Waals surface area contributed by atoms with Gasteiger partial charge in [0.05, 0.1) is 16.0 Å². The molecule has 2 aromatic heterocycles. The van der Waals surface area contributed by atoms with Gasteiger partial charge in [0.15, 0.2) is 5.13 Å². The van der Waals surface area contributed by atoms with Crippen molar-refractivity contribution in [3.8, 4) is 11.3 Å². The molecule has 12 heteroatoms. The van der Waals surface area contributed by atoms with E-state index in [0.29, 0.717) is 38.5 Å². The zero-order valence-electron chi connectivity index (χ0n) is 26.0. The van der Waals surface area contributed by atoms with Crippen LogP contribution in [0.25, 0.3) is 28.2 Å².